The Morgan fingerprint density at radius 3 is 2.84 bits per heavy atom. The third kappa shape index (κ3) is 2.43. The zero-order chi connectivity index (χ0) is 14.2. The van der Waals surface area contributed by atoms with Gasteiger partial charge in [0.15, 0.2) is 0 Å². The number of oxime groups is 1. The number of nitro benzene ring substituents is 1. The molecule has 0 saturated heterocycles. The van der Waals surface area contributed by atoms with Crippen molar-refractivity contribution in [2.24, 2.45) is 5.16 Å². The predicted molar refractivity (Wildman–Crippen MR) is 69.1 cm³/mol. The van der Waals surface area contributed by atoms with Gasteiger partial charge in [0.25, 0.3) is 5.69 Å². The summed E-state index contributed by atoms with van der Waals surface area (Å²) in [5.41, 5.74) is -1.11. The van der Waals surface area contributed by atoms with E-state index in [1.807, 2.05) is 0 Å². The van der Waals surface area contributed by atoms with Gasteiger partial charge in [-0.15, -0.1) is 0 Å². The summed E-state index contributed by atoms with van der Waals surface area (Å²) in [6, 6.07) is 4.48. The largest absolute Gasteiger partial charge is 0.478 e. The number of carbonyl (C=O) groups is 1. The lowest BCUT2D eigenvalue weighted by atomic mass is 9.95. The second-order valence-corrected chi connectivity index (χ2v) is 5.18. The molecular weight excluding hydrogens is 320 g/mol. The second-order valence-electron chi connectivity index (χ2n) is 4.26. The summed E-state index contributed by atoms with van der Waals surface area (Å²) >= 11 is 3.15. The molecule has 0 bridgehead atoms. The van der Waals surface area contributed by atoms with Gasteiger partial charge in [-0.3, -0.25) is 10.1 Å². The highest BCUT2D eigenvalue weighted by Gasteiger charge is 2.43. The molecule has 1 unspecified atom stereocenters. The van der Waals surface area contributed by atoms with Gasteiger partial charge in [0.2, 0.25) is 5.60 Å². The van der Waals surface area contributed by atoms with Gasteiger partial charge in [0, 0.05) is 17.0 Å². The number of aliphatic carboxylic acids is 1. The van der Waals surface area contributed by atoms with Crippen molar-refractivity contribution in [2.45, 2.75) is 18.9 Å². The normalized spacial score (nSPS) is 21.7. The average Bonchev–Trinajstić information content (AvgIpc) is 2.73. The maximum Gasteiger partial charge on any atom is 0.351 e. The third-order valence-corrected chi connectivity index (χ3v) is 3.28. The smallest absolute Gasteiger partial charge is 0.351 e. The molecule has 0 aromatic heterocycles. The van der Waals surface area contributed by atoms with Crippen LogP contribution in [0.15, 0.2) is 27.8 Å². The van der Waals surface area contributed by atoms with Crippen LogP contribution in [-0.4, -0.2) is 27.3 Å². The van der Waals surface area contributed by atoms with Gasteiger partial charge in [-0.05, 0) is 19.1 Å². The highest BCUT2D eigenvalue weighted by Crippen LogP contribution is 2.31. The van der Waals surface area contributed by atoms with Gasteiger partial charge >= 0.3 is 5.97 Å². The van der Waals surface area contributed by atoms with Gasteiger partial charge in [0.05, 0.1) is 16.2 Å². The van der Waals surface area contributed by atoms with Crippen molar-refractivity contribution in [2.75, 3.05) is 0 Å². The molecule has 1 aromatic rings. The van der Waals surface area contributed by atoms with Gasteiger partial charge in [0.1, 0.15) is 0 Å². The lowest BCUT2D eigenvalue weighted by molar-refractivity contribution is -0.385. The number of benzene rings is 1. The van der Waals surface area contributed by atoms with Crippen LogP contribution in [0.4, 0.5) is 5.69 Å². The maximum atomic E-state index is 11.0. The van der Waals surface area contributed by atoms with E-state index in [0.29, 0.717) is 4.47 Å². The van der Waals surface area contributed by atoms with E-state index in [1.165, 1.54) is 19.1 Å². The molecule has 0 saturated carbocycles. The van der Waals surface area contributed by atoms with Crippen molar-refractivity contribution in [1.29, 1.82) is 0 Å². The number of carboxylic acid groups (broad SMARTS) is 1. The maximum absolute atomic E-state index is 11.0. The minimum Gasteiger partial charge on any atom is -0.478 e. The third-order valence-electron chi connectivity index (χ3n) is 2.78. The van der Waals surface area contributed by atoms with E-state index < -0.39 is 16.5 Å². The van der Waals surface area contributed by atoms with Crippen molar-refractivity contribution >= 4 is 33.3 Å². The first-order chi connectivity index (χ1) is 8.83. The predicted octanol–water partition coefficient (Wildman–Crippen LogP) is 2.33. The van der Waals surface area contributed by atoms with E-state index in [9.17, 15) is 14.9 Å². The first kappa shape index (κ1) is 13.5. The zero-order valence-corrected chi connectivity index (χ0v) is 11.4. The molecule has 1 aromatic carbocycles. The standard InChI is InChI=1S/C11H9BrN2O5/c1-11(10(15)16)5-8(13-19-11)7-3-2-6(12)4-9(7)14(17)18/h2-4H,5H2,1H3,(H,15,16). The first-order valence-electron chi connectivity index (χ1n) is 5.26. The summed E-state index contributed by atoms with van der Waals surface area (Å²) < 4.78 is 0.559. The molecule has 19 heavy (non-hydrogen) atoms. The monoisotopic (exact) mass is 328 g/mol. The fourth-order valence-electron chi connectivity index (χ4n) is 1.70. The molecule has 1 atom stereocenters. The quantitative estimate of drug-likeness (QED) is 0.677. The lowest BCUT2D eigenvalue weighted by Crippen LogP contribution is -2.35. The number of carboxylic acids is 1. The van der Waals surface area contributed by atoms with Crippen LogP contribution in [0, 0.1) is 10.1 Å². The number of halogens is 1. The highest BCUT2D eigenvalue weighted by molar-refractivity contribution is 9.10. The Bertz CT molecular complexity index is 601. The van der Waals surface area contributed by atoms with Crippen LogP contribution in [0.1, 0.15) is 18.9 Å². The van der Waals surface area contributed by atoms with Crippen molar-refractivity contribution in [3.63, 3.8) is 0 Å². The van der Waals surface area contributed by atoms with Crippen LogP contribution < -0.4 is 0 Å². The topological polar surface area (TPSA) is 102 Å². The fourth-order valence-corrected chi connectivity index (χ4v) is 2.05. The summed E-state index contributed by atoms with van der Waals surface area (Å²) in [4.78, 5) is 26.4. The fraction of sp³-hybridized carbons (Fsp3) is 0.273. The minimum atomic E-state index is -1.48. The highest BCUT2D eigenvalue weighted by atomic mass is 79.9. The van der Waals surface area contributed by atoms with Gasteiger partial charge in [-0.2, -0.15) is 0 Å². The van der Waals surface area contributed by atoms with E-state index in [2.05, 4.69) is 21.1 Å². The van der Waals surface area contributed by atoms with Crippen LogP contribution in [0.5, 0.6) is 0 Å². The van der Waals surface area contributed by atoms with E-state index in [1.54, 1.807) is 6.07 Å². The SMILES string of the molecule is CC1(C(=O)O)CC(c2ccc(Br)cc2[N+](=O)[O-])=NO1. The van der Waals surface area contributed by atoms with Gasteiger partial charge in [-0.25, -0.2) is 4.79 Å². The van der Waals surface area contributed by atoms with Crippen molar-refractivity contribution < 1.29 is 19.7 Å². The van der Waals surface area contributed by atoms with Crippen molar-refractivity contribution in [1.82, 2.24) is 0 Å². The molecule has 1 aliphatic heterocycles. The van der Waals surface area contributed by atoms with Crippen molar-refractivity contribution in [3.05, 3.63) is 38.3 Å². The number of rotatable bonds is 3. The van der Waals surface area contributed by atoms with E-state index in [0.717, 1.165) is 0 Å². The Morgan fingerprint density at radius 1 is 1.63 bits per heavy atom. The summed E-state index contributed by atoms with van der Waals surface area (Å²) in [5, 5.41) is 23.7. The molecule has 1 aliphatic rings. The Kier molecular flexibility index (Phi) is 3.27. The van der Waals surface area contributed by atoms with Gasteiger partial charge < -0.3 is 9.94 Å². The molecule has 1 N–H and O–H groups in total. The average molecular weight is 329 g/mol. The van der Waals surface area contributed by atoms with Crippen LogP contribution in [0.25, 0.3) is 0 Å². The Labute approximate surface area is 116 Å². The molecule has 0 fully saturated rings. The van der Waals surface area contributed by atoms with Crippen LogP contribution >= 0.6 is 15.9 Å². The zero-order valence-electron chi connectivity index (χ0n) is 9.79. The molecule has 0 amide bonds. The number of nitro groups is 1. The van der Waals surface area contributed by atoms with Crippen LogP contribution in [0.2, 0.25) is 0 Å². The molecular formula is C11H9BrN2O5. The lowest BCUT2D eigenvalue weighted by Gasteiger charge is -2.14. The van der Waals surface area contributed by atoms with E-state index in [4.69, 9.17) is 9.94 Å². The summed E-state index contributed by atoms with van der Waals surface area (Å²) in [6.07, 6.45) is -0.0230. The molecule has 1 heterocycles. The summed E-state index contributed by atoms with van der Waals surface area (Å²) in [5.74, 6) is -1.16. The number of hydrogen-bond acceptors (Lipinski definition) is 5. The Hall–Kier alpha value is -1.96. The summed E-state index contributed by atoms with van der Waals surface area (Å²) in [7, 11) is 0. The number of hydrogen-bond donors (Lipinski definition) is 1. The number of nitrogens with zero attached hydrogens (tertiary/aromatic N) is 2. The van der Waals surface area contributed by atoms with E-state index in [-0.39, 0.29) is 23.4 Å². The molecule has 7 nitrogen and oxygen atoms in total. The van der Waals surface area contributed by atoms with E-state index >= 15 is 0 Å². The summed E-state index contributed by atoms with van der Waals surface area (Å²) in [6.45, 7) is 1.37. The van der Waals surface area contributed by atoms with Gasteiger partial charge in [-0.1, -0.05) is 21.1 Å². The van der Waals surface area contributed by atoms with Crippen LogP contribution in [0.3, 0.4) is 0 Å². The molecule has 0 radical (unpaired) electrons. The Balaban J connectivity index is 2.40. The van der Waals surface area contributed by atoms with Crippen molar-refractivity contribution in [3.8, 4) is 0 Å². The molecule has 100 valence electrons. The molecule has 0 spiro atoms. The minimum absolute atomic E-state index is 0.0230. The molecule has 0 aliphatic carbocycles. The molecule has 8 heteroatoms. The first-order valence-corrected chi connectivity index (χ1v) is 6.05. The molecule has 2 rings (SSSR count). The second kappa shape index (κ2) is 4.61. The van der Waals surface area contributed by atoms with Crippen LogP contribution in [-0.2, 0) is 9.63 Å². The Morgan fingerprint density at radius 2 is 2.32 bits per heavy atom.